The zero-order chi connectivity index (χ0) is 13.4. The van der Waals surface area contributed by atoms with Crippen molar-refractivity contribution in [3.63, 3.8) is 0 Å². The van der Waals surface area contributed by atoms with Gasteiger partial charge in [0.2, 0.25) is 5.91 Å². The number of nitrogens with zero attached hydrogens (tertiary/aromatic N) is 1. The molecule has 0 bridgehead atoms. The summed E-state index contributed by atoms with van der Waals surface area (Å²) in [4.78, 5) is 13.8. The Hall–Kier alpha value is -0.940. The molecule has 0 fully saturated rings. The van der Waals surface area contributed by atoms with Crippen LogP contribution in [0.2, 0.25) is 0 Å². The fraction of sp³-hybridized carbons (Fsp3) is 0.462. The van der Waals surface area contributed by atoms with Crippen LogP contribution in [-0.2, 0) is 16.0 Å². The van der Waals surface area contributed by atoms with Gasteiger partial charge in [-0.1, -0.05) is 28.1 Å². The molecule has 1 aromatic rings. The minimum atomic E-state index is -0.316. The summed E-state index contributed by atoms with van der Waals surface area (Å²) in [5.74, 6) is -0.332. The van der Waals surface area contributed by atoms with Crippen LogP contribution in [0.3, 0.4) is 0 Å². The second kappa shape index (κ2) is 8.21. The SMILES string of the molecule is COCCN(CCBr)C(=O)Cc1cccc(F)c1. The number of methoxy groups -OCH3 is 1. The Labute approximate surface area is 115 Å². The summed E-state index contributed by atoms with van der Waals surface area (Å²) < 4.78 is 18.0. The number of benzene rings is 1. The van der Waals surface area contributed by atoms with Crippen molar-refractivity contribution in [2.75, 3.05) is 32.1 Å². The Morgan fingerprint density at radius 1 is 1.44 bits per heavy atom. The first-order chi connectivity index (χ1) is 8.67. The van der Waals surface area contributed by atoms with Crippen LogP contribution >= 0.6 is 15.9 Å². The number of alkyl halides is 1. The average Bonchev–Trinajstić information content (AvgIpc) is 2.34. The van der Waals surface area contributed by atoms with E-state index in [1.165, 1.54) is 12.1 Å². The highest BCUT2D eigenvalue weighted by molar-refractivity contribution is 9.09. The largest absolute Gasteiger partial charge is 0.383 e. The lowest BCUT2D eigenvalue weighted by Crippen LogP contribution is -2.36. The molecule has 0 aliphatic carbocycles. The van der Waals surface area contributed by atoms with Gasteiger partial charge in [0, 0.05) is 25.5 Å². The van der Waals surface area contributed by atoms with Crippen LogP contribution < -0.4 is 0 Å². The second-order valence-corrected chi connectivity index (χ2v) is 4.66. The van der Waals surface area contributed by atoms with Crippen molar-refractivity contribution < 1.29 is 13.9 Å². The highest BCUT2D eigenvalue weighted by atomic mass is 79.9. The fourth-order valence-electron chi connectivity index (χ4n) is 1.60. The number of halogens is 2. The lowest BCUT2D eigenvalue weighted by molar-refractivity contribution is -0.130. The number of amides is 1. The van der Waals surface area contributed by atoms with Crippen LogP contribution in [0, 0.1) is 5.82 Å². The summed E-state index contributed by atoms with van der Waals surface area (Å²) in [7, 11) is 1.60. The van der Waals surface area contributed by atoms with Crippen LogP contribution in [-0.4, -0.2) is 42.9 Å². The molecule has 1 aromatic carbocycles. The molecule has 1 amide bonds. The summed E-state index contributed by atoms with van der Waals surface area (Å²) in [6.45, 7) is 1.68. The third-order valence-electron chi connectivity index (χ3n) is 2.52. The van der Waals surface area contributed by atoms with Crippen molar-refractivity contribution in [2.45, 2.75) is 6.42 Å². The molecule has 0 spiro atoms. The van der Waals surface area contributed by atoms with Crippen molar-refractivity contribution in [1.29, 1.82) is 0 Å². The summed E-state index contributed by atoms with van der Waals surface area (Å²) in [6.07, 6.45) is 0.217. The molecule has 0 heterocycles. The van der Waals surface area contributed by atoms with Gasteiger partial charge in [0.15, 0.2) is 0 Å². The molecule has 0 aliphatic heterocycles. The highest BCUT2D eigenvalue weighted by Gasteiger charge is 2.13. The smallest absolute Gasteiger partial charge is 0.227 e. The number of hydrogen-bond acceptors (Lipinski definition) is 2. The number of hydrogen-bond donors (Lipinski definition) is 0. The average molecular weight is 318 g/mol. The summed E-state index contributed by atoms with van der Waals surface area (Å²) in [5.41, 5.74) is 0.692. The van der Waals surface area contributed by atoms with Gasteiger partial charge < -0.3 is 9.64 Å². The van der Waals surface area contributed by atoms with E-state index in [9.17, 15) is 9.18 Å². The van der Waals surface area contributed by atoms with E-state index in [0.717, 1.165) is 0 Å². The van der Waals surface area contributed by atoms with Gasteiger partial charge in [-0.05, 0) is 17.7 Å². The molecule has 0 radical (unpaired) electrons. The fourth-order valence-corrected chi connectivity index (χ4v) is 2.03. The first kappa shape index (κ1) is 15.1. The number of carbonyl (C=O) groups is 1. The van der Waals surface area contributed by atoms with Gasteiger partial charge in [-0.15, -0.1) is 0 Å². The van der Waals surface area contributed by atoms with E-state index < -0.39 is 0 Å². The predicted octanol–water partition coefficient (Wildman–Crippen LogP) is 2.24. The van der Waals surface area contributed by atoms with Crippen molar-refractivity contribution in [1.82, 2.24) is 4.90 Å². The van der Waals surface area contributed by atoms with Gasteiger partial charge >= 0.3 is 0 Å². The van der Waals surface area contributed by atoms with Crippen LogP contribution in [0.25, 0.3) is 0 Å². The van der Waals surface area contributed by atoms with E-state index in [2.05, 4.69) is 15.9 Å². The first-order valence-electron chi connectivity index (χ1n) is 5.74. The van der Waals surface area contributed by atoms with Gasteiger partial charge in [-0.3, -0.25) is 4.79 Å². The third kappa shape index (κ3) is 5.14. The first-order valence-corrected chi connectivity index (χ1v) is 6.86. The predicted molar refractivity (Wildman–Crippen MR) is 72.4 cm³/mol. The highest BCUT2D eigenvalue weighted by Crippen LogP contribution is 2.06. The van der Waals surface area contributed by atoms with Crippen molar-refractivity contribution in [3.8, 4) is 0 Å². The van der Waals surface area contributed by atoms with E-state index >= 15 is 0 Å². The standard InChI is InChI=1S/C13H17BrFNO2/c1-18-8-7-16(6-5-14)13(17)10-11-3-2-4-12(15)9-11/h2-4,9H,5-8,10H2,1H3. The summed E-state index contributed by atoms with van der Waals surface area (Å²) in [5, 5.41) is 0.714. The monoisotopic (exact) mass is 317 g/mol. The van der Waals surface area contributed by atoms with E-state index in [4.69, 9.17) is 4.74 Å². The number of carbonyl (C=O) groups excluding carboxylic acids is 1. The molecule has 0 aliphatic rings. The topological polar surface area (TPSA) is 29.5 Å². The van der Waals surface area contributed by atoms with E-state index in [0.29, 0.717) is 30.6 Å². The molecule has 0 N–H and O–H groups in total. The van der Waals surface area contributed by atoms with Crippen molar-refractivity contribution >= 4 is 21.8 Å². The van der Waals surface area contributed by atoms with Crippen molar-refractivity contribution in [3.05, 3.63) is 35.6 Å². The lowest BCUT2D eigenvalue weighted by Gasteiger charge is -2.21. The molecule has 18 heavy (non-hydrogen) atoms. The van der Waals surface area contributed by atoms with Crippen LogP contribution in [0.5, 0.6) is 0 Å². The Bertz CT molecular complexity index is 387. The Balaban J connectivity index is 2.60. The quantitative estimate of drug-likeness (QED) is 0.722. The molecule has 1 rings (SSSR count). The van der Waals surface area contributed by atoms with E-state index in [-0.39, 0.29) is 18.1 Å². The molecule has 5 heteroatoms. The summed E-state index contributed by atoms with van der Waals surface area (Å²) in [6, 6.07) is 6.13. The van der Waals surface area contributed by atoms with Gasteiger partial charge in [-0.2, -0.15) is 0 Å². The minimum Gasteiger partial charge on any atom is -0.383 e. The van der Waals surface area contributed by atoms with Crippen molar-refractivity contribution in [2.24, 2.45) is 0 Å². The maximum absolute atomic E-state index is 13.0. The Morgan fingerprint density at radius 3 is 2.83 bits per heavy atom. The molecular formula is C13H17BrFNO2. The lowest BCUT2D eigenvalue weighted by atomic mass is 10.1. The third-order valence-corrected chi connectivity index (χ3v) is 2.87. The van der Waals surface area contributed by atoms with E-state index in [1.807, 2.05) is 0 Å². The molecule has 0 saturated heterocycles. The van der Waals surface area contributed by atoms with Gasteiger partial charge in [0.1, 0.15) is 5.82 Å². The molecule has 3 nitrogen and oxygen atoms in total. The minimum absolute atomic E-state index is 0.0166. The Kier molecular flexibility index (Phi) is 6.90. The van der Waals surface area contributed by atoms with Gasteiger partial charge in [0.05, 0.1) is 13.0 Å². The number of ether oxygens (including phenoxy) is 1. The molecule has 0 saturated carbocycles. The molecule has 100 valence electrons. The van der Waals surface area contributed by atoms with Crippen LogP contribution in [0.15, 0.2) is 24.3 Å². The van der Waals surface area contributed by atoms with Crippen LogP contribution in [0.4, 0.5) is 4.39 Å². The molecular weight excluding hydrogens is 301 g/mol. The normalized spacial score (nSPS) is 10.4. The number of rotatable bonds is 7. The Morgan fingerprint density at radius 2 is 2.22 bits per heavy atom. The molecule has 0 aromatic heterocycles. The maximum Gasteiger partial charge on any atom is 0.227 e. The zero-order valence-corrected chi connectivity index (χ0v) is 12.0. The van der Waals surface area contributed by atoms with Gasteiger partial charge in [0.25, 0.3) is 0 Å². The van der Waals surface area contributed by atoms with E-state index in [1.54, 1.807) is 24.1 Å². The zero-order valence-electron chi connectivity index (χ0n) is 10.4. The second-order valence-electron chi connectivity index (χ2n) is 3.87. The van der Waals surface area contributed by atoms with Gasteiger partial charge in [-0.25, -0.2) is 4.39 Å². The molecule has 0 atom stereocenters. The maximum atomic E-state index is 13.0. The van der Waals surface area contributed by atoms with Crippen LogP contribution in [0.1, 0.15) is 5.56 Å². The summed E-state index contributed by atoms with van der Waals surface area (Å²) >= 11 is 3.31. The molecule has 0 unspecified atom stereocenters.